The Kier molecular flexibility index (Phi) is 8.71. The zero-order chi connectivity index (χ0) is 15.7. The zero-order valence-corrected chi connectivity index (χ0v) is 15.2. The fourth-order valence-corrected chi connectivity index (χ4v) is 4.93. The fraction of sp³-hybridized carbons (Fsp3) is 0.938. The summed E-state index contributed by atoms with van der Waals surface area (Å²) in [5.74, 6) is 0.0590. The van der Waals surface area contributed by atoms with Gasteiger partial charge in [-0.25, -0.2) is 0 Å². The van der Waals surface area contributed by atoms with Gasteiger partial charge in [0.15, 0.2) is 20.4 Å². The first-order valence-corrected chi connectivity index (χ1v) is 11.5. The summed E-state index contributed by atoms with van der Waals surface area (Å²) >= 11 is 0. The highest BCUT2D eigenvalue weighted by molar-refractivity contribution is 6.71. The topological polar surface area (TPSA) is 44.8 Å². The predicted octanol–water partition coefficient (Wildman–Crippen LogP) is 3.90. The molecule has 0 aliphatic carbocycles. The summed E-state index contributed by atoms with van der Waals surface area (Å²) in [7, 11) is -1.75. The van der Waals surface area contributed by atoms with Crippen LogP contribution < -0.4 is 0 Å². The smallest absolute Gasteiger partial charge is 0.187 e. The molecular formula is C16H32O4Si. The van der Waals surface area contributed by atoms with E-state index in [4.69, 9.17) is 13.9 Å². The molecule has 0 N–H and O–H groups in total. The summed E-state index contributed by atoms with van der Waals surface area (Å²) in [6, 6.07) is 1.11. The minimum absolute atomic E-state index is 0.0590. The van der Waals surface area contributed by atoms with Crippen LogP contribution in [-0.4, -0.2) is 39.7 Å². The lowest BCUT2D eigenvalue weighted by Crippen LogP contribution is -2.40. The summed E-state index contributed by atoms with van der Waals surface area (Å²) in [5.41, 5.74) is 0. The standard InChI is InChI=1S/C16H32O4Si/c1-5-7-12-21(3,4)20-15(6-2)14(17)13-19-16-10-8-9-11-18-16/h15-16H,5-13H2,1-4H3. The normalized spacial score (nSPS) is 21.2. The fourth-order valence-electron chi connectivity index (χ4n) is 2.53. The number of ketones is 1. The van der Waals surface area contributed by atoms with E-state index in [2.05, 4.69) is 20.0 Å². The van der Waals surface area contributed by atoms with E-state index >= 15 is 0 Å². The third-order valence-electron chi connectivity index (χ3n) is 3.87. The summed E-state index contributed by atoms with van der Waals surface area (Å²) in [4.78, 5) is 12.3. The van der Waals surface area contributed by atoms with Crippen molar-refractivity contribution in [3.63, 3.8) is 0 Å². The van der Waals surface area contributed by atoms with Crippen molar-refractivity contribution in [1.29, 1.82) is 0 Å². The first-order chi connectivity index (χ1) is 9.98. The maximum absolute atomic E-state index is 12.3. The van der Waals surface area contributed by atoms with Crippen molar-refractivity contribution in [2.45, 2.75) is 83.9 Å². The SMILES string of the molecule is CCCC[Si](C)(C)OC(CC)C(=O)COC1CCCCO1. The Morgan fingerprint density at radius 3 is 2.67 bits per heavy atom. The van der Waals surface area contributed by atoms with Gasteiger partial charge in [0.25, 0.3) is 0 Å². The van der Waals surface area contributed by atoms with Crippen molar-refractivity contribution < 1.29 is 18.7 Å². The molecule has 1 aliphatic rings. The Hall–Kier alpha value is -0.233. The van der Waals surface area contributed by atoms with E-state index in [9.17, 15) is 4.79 Å². The quantitative estimate of drug-likeness (QED) is 0.573. The van der Waals surface area contributed by atoms with Gasteiger partial charge >= 0.3 is 0 Å². The Balaban J connectivity index is 2.37. The molecule has 0 spiro atoms. The lowest BCUT2D eigenvalue weighted by molar-refractivity contribution is -0.172. The molecule has 2 unspecified atom stereocenters. The van der Waals surface area contributed by atoms with Crippen LogP contribution in [0, 0.1) is 0 Å². The first-order valence-electron chi connectivity index (χ1n) is 8.42. The van der Waals surface area contributed by atoms with Gasteiger partial charge < -0.3 is 13.9 Å². The molecule has 0 aromatic rings. The van der Waals surface area contributed by atoms with Gasteiger partial charge in [-0.2, -0.15) is 0 Å². The Morgan fingerprint density at radius 2 is 2.10 bits per heavy atom. The van der Waals surface area contributed by atoms with Crippen molar-refractivity contribution in [3.05, 3.63) is 0 Å². The Morgan fingerprint density at radius 1 is 1.33 bits per heavy atom. The van der Waals surface area contributed by atoms with Crippen LogP contribution in [0.5, 0.6) is 0 Å². The molecule has 2 atom stereocenters. The second-order valence-corrected chi connectivity index (χ2v) is 10.7. The van der Waals surface area contributed by atoms with E-state index in [1.807, 2.05) is 6.92 Å². The van der Waals surface area contributed by atoms with Gasteiger partial charge in [-0.15, -0.1) is 0 Å². The predicted molar refractivity (Wildman–Crippen MR) is 86.9 cm³/mol. The van der Waals surface area contributed by atoms with Gasteiger partial charge in [0, 0.05) is 6.61 Å². The van der Waals surface area contributed by atoms with Crippen LogP contribution in [0.15, 0.2) is 0 Å². The molecule has 1 heterocycles. The van der Waals surface area contributed by atoms with Crippen LogP contribution in [0.1, 0.15) is 52.4 Å². The van der Waals surface area contributed by atoms with Gasteiger partial charge in [0.1, 0.15) is 12.7 Å². The van der Waals surface area contributed by atoms with E-state index in [0.717, 1.165) is 38.3 Å². The van der Waals surface area contributed by atoms with Crippen LogP contribution in [-0.2, 0) is 18.7 Å². The van der Waals surface area contributed by atoms with E-state index in [1.165, 1.54) is 12.8 Å². The van der Waals surface area contributed by atoms with Crippen molar-refractivity contribution in [2.24, 2.45) is 0 Å². The number of hydrogen-bond acceptors (Lipinski definition) is 4. The molecular weight excluding hydrogens is 284 g/mol. The molecule has 1 saturated heterocycles. The van der Waals surface area contributed by atoms with Crippen LogP contribution in [0.3, 0.4) is 0 Å². The molecule has 4 nitrogen and oxygen atoms in total. The van der Waals surface area contributed by atoms with Crippen molar-refractivity contribution in [1.82, 2.24) is 0 Å². The molecule has 0 aromatic heterocycles. The monoisotopic (exact) mass is 316 g/mol. The number of carbonyl (C=O) groups is 1. The average Bonchev–Trinajstić information content (AvgIpc) is 2.49. The minimum Gasteiger partial charge on any atom is -0.407 e. The number of hydrogen-bond donors (Lipinski definition) is 0. The second-order valence-electron chi connectivity index (χ2n) is 6.45. The van der Waals surface area contributed by atoms with Crippen molar-refractivity contribution in [3.8, 4) is 0 Å². The summed E-state index contributed by atoms with van der Waals surface area (Å²) < 4.78 is 17.2. The molecule has 124 valence electrons. The lowest BCUT2D eigenvalue weighted by atomic mass is 10.2. The van der Waals surface area contributed by atoms with Crippen LogP contribution in [0.25, 0.3) is 0 Å². The van der Waals surface area contributed by atoms with Gasteiger partial charge in [-0.05, 0) is 44.8 Å². The van der Waals surface area contributed by atoms with Crippen molar-refractivity contribution >= 4 is 14.1 Å². The van der Waals surface area contributed by atoms with Gasteiger partial charge in [-0.3, -0.25) is 4.79 Å². The molecule has 1 aliphatic heterocycles. The molecule has 0 aromatic carbocycles. The van der Waals surface area contributed by atoms with Crippen LogP contribution >= 0.6 is 0 Å². The second kappa shape index (κ2) is 9.72. The van der Waals surface area contributed by atoms with Crippen molar-refractivity contribution in [2.75, 3.05) is 13.2 Å². The van der Waals surface area contributed by atoms with E-state index in [1.54, 1.807) is 0 Å². The van der Waals surface area contributed by atoms with Crippen LogP contribution in [0.4, 0.5) is 0 Å². The highest BCUT2D eigenvalue weighted by Crippen LogP contribution is 2.20. The van der Waals surface area contributed by atoms with Crippen LogP contribution in [0.2, 0.25) is 19.1 Å². The molecule has 0 bridgehead atoms. The summed E-state index contributed by atoms with van der Waals surface area (Å²) in [5, 5.41) is 0. The third-order valence-corrected chi connectivity index (χ3v) is 6.35. The van der Waals surface area contributed by atoms with E-state index < -0.39 is 8.32 Å². The zero-order valence-electron chi connectivity index (χ0n) is 14.2. The van der Waals surface area contributed by atoms with Gasteiger partial charge in [0.2, 0.25) is 0 Å². The highest BCUT2D eigenvalue weighted by atomic mass is 28.4. The molecule has 1 rings (SSSR count). The number of ether oxygens (including phenoxy) is 2. The highest BCUT2D eigenvalue weighted by Gasteiger charge is 2.29. The molecule has 1 fully saturated rings. The van der Waals surface area contributed by atoms with E-state index in [0.29, 0.717) is 0 Å². The molecule has 5 heteroatoms. The lowest BCUT2D eigenvalue weighted by Gasteiger charge is -2.29. The third kappa shape index (κ3) is 7.54. The summed E-state index contributed by atoms with van der Waals surface area (Å²) in [6.45, 7) is 9.44. The van der Waals surface area contributed by atoms with Gasteiger partial charge in [0.05, 0.1) is 0 Å². The first kappa shape index (κ1) is 18.8. The summed E-state index contributed by atoms with van der Waals surface area (Å²) in [6.07, 6.45) is 5.65. The maximum atomic E-state index is 12.3. The number of unbranched alkanes of at least 4 members (excludes halogenated alkanes) is 1. The maximum Gasteiger partial charge on any atom is 0.187 e. The number of rotatable bonds is 10. The number of Topliss-reactive ketones (excluding diaryl/α,β-unsaturated/α-hetero) is 1. The Labute approximate surface area is 130 Å². The van der Waals surface area contributed by atoms with Gasteiger partial charge in [-0.1, -0.05) is 26.7 Å². The molecule has 0 amide bonds. The average molecular weight is 317 g/mol. The molecule has 0 radical (unpaired) electrons. The Bertz CT molecular complexity index is 301. The van der Waals surface area contributed by atoms with E-state index in [-0.39, 0.29) is 24.8 Å². The molecule has 21 heavy (non-hydrogen) atoms. The molecule has 0 saturated carbocycles. The minimum atomic E-state index is -1.75. The number of carbonyl (C=O) groups excluding carboxylic acids is 1. The largest absolute Gasteiger partial charge is 0.407 e.